The number of aliphatic hydroxyl groups excluding tert-OH is 1. The molecule has 6 heteroatoms. The van der Waals surface area contributed by atoms with Gasteiger partial charge >= 0.3 is 0 Å². The zero-order valence-electron chi connectivity index (χ0n) is 14.2. The van der Waals surface area contributed by atoms with Gasteiger partial charge in [-0.25, -0.2) is 0 Å². The van der Waals surface area contributed by atoms with Crippen LogP contribution in [-0.4, -0.2) is 32.0 Å². The smallest absolute Gasteiger partial charge is 0.0646 e. The Kier molecular flexibility index (Phi) is 5.96. The van der Waals surface area contributed by atoms with E-state index in [1.807, 2.05) is 36.7 Å². The molecule has 0 spiro atoms. The molecule has 2 rings (SSSR count). The van der Waals surface area contributed by atoms with E-state index in [1.54, 1.807) is 6.26 Å². The summed E-state index contributed by atoms with van der Waals surface area (Å²) in [4.78, 5) is 0. The monoisotopic (exact) mass is 335 g/mol. The Balaban J connectivity index is 2.17. The van der Waals surface area contributed by atoms with Gasteiger partial charge in [0.25, 0.3) is 0 Å². The van der Waals surface area contributed by atoms with Crippen LogP contribution >= 0.6 is 0 Å². The van der Waals surface area contributed by atoms with Crippen molar-refractivity contribution in [3.63, 3.8) is 0 Å². The van der Waals surface area contributed by atoms with Crippen LogP contribution in [0.15, 0.2) is 18.2 Å². The van der Waals surface area contributed by atoms with Gasteiger partial charge in [-0.05, 0) is 38.0 Å². The number of nitrogens with one attached hydrogen (secondary N) is 1. The average Bonchev–Trinajstić information content (AvgIpc) is 2.75. The van der Waals surface area contributed by atoms with E-state index < -0.39 is 10.8 Å². The quantitative estimate of drug-likeness (QED) is 0.815. The van der Waals surface area contributed by atoms with Crippen molar-refractivity contribution in [1.82, 2.24) is 9.78 Å². The summed E-state index contributed by atoms with van der Waals surface area (Å²) in [5.74, 6) is 0.577. The van der Waals surface area contributed by atoms with Gasteiger partial charge in [0.1, 0.15) is 0 Å². The number of nitrogens with zero attached hydrogens (tertiary/aromatic N) is 2. The maximum Gasteiger partial charge on any atom is 0.0646 e. The third-order valence-electron chi connectivity index (χ3n) is 4.10. The van der Waals surface area contributed by atoms with E-state index in [1.165, 1.54) is 0 Å². The minimum atomic E-state index is -0.846. The second-order valence-electron chi connectivity index (χ2n) is 5.76. The first kappa shape index (κ1) is 17.7. The summed E-state index contributed by atoms with van der Waals surface area (Å²) in [5, 5.41) is 17.0. The van der Waals surface area contributed by atoms with Crippen LogP contribution in [-0.2, 0) is 29.6 Å². The summed E-state index contributed by atoms with van der Waals surface area (Å²) in [5.41, 5.74) is 6.52. The molecule has 0 fully saturated rings. The number of aryl methyl sites for hydroxylation is 1. The lowest BCUT2D eigenvalue weighted by Crippen LogP contribution is -2.08. The number of benzene rings is 1. The van der Waals surface area contributed by atoms with Crippen molar-refractivity contribution in [2.45, 2.75) is 39.6 Å². The number of hydrogen-bond acceptors (Lipinski definition) is 4. The lowest BCUT2D eigenvalue weighted by Gasteiger charge is -2.13. The van der Waals surface area contributed by atoms with Gasteiger partial charge in [0.15, 0.2) is 0 Å². The molecule has 2 N–H and O–H groups in total. The van der Waals surface area contributed by atoms with Gasteiger partial charge in [0.2, 0.25) is 0 Å². The summed E-state index contributed by atoms with van der Waals surface area (Å²) in [6.07, 6.45) is 1.72. The summed E-state index contributed by atoms with van der Waals surface area (Å²) >= 11 is 0. The van der Waals surface area contributed by atoms with Crippen LogP contribution < -0.4 is 5.32 Å². The molecule has 5 nitrogen and oxygen atoms in total. The minimum Gasteiger partial charge on any atom is -0.394 e. The molecule has 2 aromatic rings. The first-order chi connectivity index (χ1) is 10.9. The molecule has 1 aromatic carbocycles. The Bertz CT molecular complexity index is 710. The predicted octanol–water partition coefficient (Wildman–Crippen LogP) is 2.29. The molecule has 126 valence electrons. The van der Waals surface area contributed by atoms with Crippen LogP contribution in [0.5, 0.6) is 0 Å². The molecule has 0 bridgehead atoms. The van der Waals surface area contributed by atoms with E-state index in [4.69, 9.17) is 5.11 Å². The highest BCUT2D eigenvalue weighted by Crippen LogP contribution is 2.22. The lowest BCUT2D eigenvalue weighted by molar-refractivity contribution is 0.268. The number of aromatic nitrogens is 2. The molecule has 0 saturated heterocycles. The van der Waals surface area contributed by atoms with Crippen molar-refractivity contribution >= 4 is 16.5 Å². The van der Waals surface area contributed by atoms with Gasteiger partial charge < -0.3 is 10.4 Å². The molecule has 1 unspecified atom stereocenters. The summed E-state index contributed by atoms with van der Waals surface area (Å²) < 4.78 is 13.3. The van der Waals surface area contributed by atoms with Crippen LogP contribution in [0.3, 0.4) is 0 Å². The van der Waals surface area contributed by atoms with E-state index in [0.717, 1.165) is 33.8 Å². The molecule has 1 aromatic heterocycles. The largest absolute Gasteiger partial charge is 0.394 e. The van der Waals surface area contributed by atoms with Crippen LogP contribution in [0.1, 0.15) is 28.1 Å². The highest BCUT2D eigenvalue weighted by atomic mass is 32.2. The lowest BCUT2D eigenvalue weighted by atomic mass is 10.1. The van der Waals surface area contributed by atoms with Crippen molar-refractivity contribution in [1.29, 1.82) is 0 Å². The molecule has 0 aliphatic heterocycles. The van der Waals surface area contributed by atoms with Gasteiger partial charge in [0.05, 0.1) is 18.8 Å². The minimum absolute atomic E-state index is 0.0874. The molecular weight excluding hydrogens is 310 g/mol. The summed E-state index contributed by atoms with van der Waals surface area (Å²) in [6.45, 7) is 7.35. The fourth-order valence-corrected chi connectivity index (χ4v) is 3.49. The fraction of sp³-hybridized carbons (Fsp3) is 0.471. The molecule has 0 aliphatic carbocycles. The van der Waals surface area contributed by atoms with E-state index in [2.05, 4.69) is 17.3 Å². The molecule has 23 heavy (non-hydrogen) atoms. The van der Waals surface area contributed by atoms with E-state index in [0.29, 0.717) is 18.8 Å². The second kappa shape index (κ2) is 7.75. The Labute approximate surface area is 140 Å². The van der Waals surface area contributed by atoms with E-state index in [9.17, 15) is 4.21 Å². The van der Waals surface area contributed by atoms with Crippen LogP contribution in [0.25, 0.3) is 0 Å². The van der Waals surface area contributed by atoms with Gasteiger partial charge in [-0.15, -0.1) is 0 Å². The van der Waals surface area contributed by atoms with Gasteiger partial charge in [0, 0.05) is 46.3 Å². The van der Waals surface area contributed by atoms with Crippen molar-refractivity contribution in [2.75, 3.05) is 18.2 Å². The highest BCUT2D eigenvalue weighted by Gasteiger charge is 2.12. The Morgan fingerprint density at radius 1 is 1.30 bits per heavy atom. The maximum absolute atomic E-state index is 11.5. The Hall–Kier alpha value is -1.66. The van der Waals surface area contributed by atoms with E-state index >= 15 is 0 Å². The molecule has 1 heterocycles. The topological polar surface area (TPSA) is 67.2 Å². The van der Waals surface area contributed by atoms with Crippen LogP contribution in [0.2, 0.25) is 0 Å². The summed E-state index contributed by atoms with van der Waals surface area (Å²) in [7, 11) is -0.846. The molecular formula is C17H25N3O2S. The normalized spacial score (nSPS) is 12.4. The first-order valence-corrected chi connectivity index (χ1v) is 9.43. The van der Waals surface area contributed by atoms with Crippen molar-refractivity contribution < 1.29 is 9.32 Å². The molecule has 0 radical (unpaired) electrons. The van der Waals surface area contributed by atoms with E-state index in [-0.39, 0.29) is 6.61 Å². The SMILES string of the molecule is Cc1nn(CCO)c(C)c1CNc1cccc(CS(C)=O)c1C. The molecule has 1 atom stereocenters. The molecule has 0 amide bonds. The number of rotatable bonds is 7. The molecule has 0 saturated carbocycles. The van der Waals surface area contributed by atoms with Crippen LogP contribution in [0, 0.1) is 20.8 Å². The number of hydrogen-bond donors (Lipinski definition) is 2. The predicted molar refractivity (Wildman–Crippen MR) is 95.1 cm³/mol. The zero-order chi connectivity index (χ0) is 17.0. The van der Waals surface area contributed by atoms with Crippen molar-refractivity contribution in [3.05, 3.63) is 46.3 Å². The summed E-state index contributed by atoms with van der Waals surface area (Å²) in [6, 6.07) is 6.06. The van der Waals surface area contributed by atoms with Crippen molar-refractivity contribution in [3.8, 4) is 0 Å². The number of aliphatic hydroxyl groups is 1. The van der Waals surface area contributed by atoms with Gasteiger partial charge in [-0.3, -0.25) is 8.89 Å². The second-order valence-corrected chi connectivity index (χ2v) is 7.19. The standard InChI is InChI=1S/C17H25N3O2S/c1-12-15(11-23(4)22)6-5-7-17(12)18-10-16-13(2)19-20(8-9-21)14(16)3/h5-7,18,21H,8-11H2,1-4H3. The maximum atomic E-state index is 11.5. The van der Waals surface area contributed by atoms with Crippen LogP contribution in [0.4, 0.5) is 5.69 Å². The van der Waals surface area contributed by atoms with Crippen molar-refractivity contribution in [2.24, 2.45) is 0 Å². The third-order valence-corrected chi connectivity index (χ3v) is 4.82. The Morgan fingerprint density at radius 3 is 2.70 bits per heavy atom. The first-order valence-electron chi connectivity index (χ1n) is 7.70. The van der Waals surface area contributed by atoms with Gasteiger partial charge in [-0.1, -0.05) is 12.1 Å². The van der Waals surface area contributed by atoms with Gasteiger partial charge in [-0.2, -0.15) is 5.10 Å². The Morgan fingerprint density at radius 2 is 2.04 bits per heavy atom. The fourth-order valence-electron chi connectivity index (χ4n) is 2.74. The highest BCUT2D eigenvalue weighted by molar-refractivity contribution is 7.83. The average molecular weight is 335 g/mol. The molecule has 0 aliphatic rings. The number of anilines is 1. The third kappa shape index (κ3) is 4.20. The zero-order valence-corrected chi connectivity index (χ0v) is 15.0.